The maximum Gasteiger partial charge on any atom is 0.411 e. The van der Waals surface area contributed by atoms with E-state index >= 15 is 0 Å². The van der Waals surface area contributed by atoms with Crippen molar-refractivity contribution in [1.29, 1.82) is 0 Å². The molecule has 1 fully saturated rings. The highest BCUT2D eigenvalue weighted by atomic mass is 16.5. The molecule has 2 N–H and O–H groups in total. The third kappa shape index (κ3) is 8.14. The number of aliphatic hydroxyl groups is 1. The van der Waals surface area contributed by atoms with Gasteiger partial charge in [-0.3, -0.25) is 10.2 Å². The van der Waals surface area contributed by atoms with E-state index in [0.29, 0.717) is 24.6 Å². The predicted molar refractivity (Wildman–Crippen MR) is 129 cm³/mol. The van der Waals surface area contributed by atoms with Gasteiger partial charge in [0.15, 0.2) is 0 Å². The van der Waals surface area contributed by atoms with Crippen LogP contribution in [0.4, 0.5) is 16.2 Å². The largest absolute Gasteiger partial charge is 0.497 e. The Kier molecular flexibility index (Phi) is 9.21. The first-order chi connectivity index (χ1) is 15.9. The van der Waals surface area contributed by atoms with Crippen molar-refractivity contribution in [3.05, 3.63) is 48.5 Å². The molecule has 8 heteroatoms. The van der Waals surface area contributed by atoms with Gasteiger partial charge in [0, 0.05) is 44.1 Å². The Morgan fingerprint density at radius 3 is 2.21 bits per heavy atom. The molecule has 0 radical (unpaired) electrons. The zero-order valence-electron chi connectivity index (χ0n) is 19.7. The molecule has 3 rings (SSSR count). The van der Waals surface area contributed by atoms with E-state index in [2.05, 4.69) is 27.2 Å². The molecular weight excluding hydrogens is 422 g/mol. The van der Waals surface area contributed by atoms with Crippen molar-refractivity contribution >= 4 is 17.5 Å². The average molecular weight is 458 g/mol. The van der Waals surface area contributed by atoms with Crippen LogP contribution in [0, 0.1) is 5.92 Å². The second-order valence-electron chi connectivity index (χ2n) is 8.59. The Balaban J connectivity index is 1.35. The van der Waals surface area contributed by atoms with E-state index in [4.69, 9.17) is 14.2 Å². The number of ether oxygens (including phenoxy) is 3. The number of β-amino-alcohol motifs (C(OH)–C–C–N with tert-alkyl or cyclic N) is 1. The number of piperazine rings is 1. The van der Waals surface area contributed by atoms with Crippen molar-refractivity contribution in [2.24, 2.45) is 5.92 Å². The summed E-state index contributed by atoms with van der Waals surface area (Å²) in [5.41, 5.74) is 1.82. The Bertz CT molecular complexity index is 849. The zero-order chi connectivity index (χ0) is 23.6. The quantitative estimate of drug-likeness (QED) is 0.565. The summed E-state index contributed by atoms with van der Waals surface area (Å²) in [7, 11) is 1.67. The molecule has 8 nitrogen and oxygen atoms in total. The Morgan fingerprint density at radius 2 is 1.61 bits per heavy atom. The van der Waals surface area contributed by atoms with Gasteiger partial charge >= 0.3 is 6.09 Å². The van der Waals surface area contributed by atoms with Gasteiger partial charge in [-0.25, -0.2) is 4.79 Å². The van der Waals surface area contributed by atoms with Gasteiger partial charge in [0.25, 0.3) is 0 Å². The molecule has 1 atom stereocenters. The normalized spacial score (nSPS) is 15.2. The van der Waals surface area contributed by atoms with Crippen molar-refractivity contribution in [3.8, 4) is 11.5 Å². The first-order valence-electron chi connectivity index (χ1n) is 11.4. The third-order valence-electron chi connectivity index (χ3n) is 5.37. The first-order valence-corrected chi connectivity index (χ1v) is 11.4. The van der Waals surface area contributed by atoms with Gasteiger partial charge in [-0.1, -0.05) is 13.8 Å². The number of nitrogens with zero attached hydrogens (tertiary/aromatic N) is 2. The van der Waals surface area contributed by atoms with E-state index in [1.807, 2.05) is 26.0 Å². The lowest BCUT2D eigenvalue weighted by Gasteiger charge is -2.36. The number of aliphatic hydroxyl groups excluding tert-OH is 1. The molecule has 1 amide bonds. The standard InChI is InChI=1S/C25H35N3O5/c1-19(2)17-33-25(30)26-20-4-8-24(9-5-20)32-18-22(29)16-27-12-14-28(15-13-27)21-6-10-23(31-3)11-7-21/h4-11,19,22,29H,12-18H2,1-3H3,(H,26,30). The van der Waals surface area contributed by atoms with Crippen molar-refractivity contribution in [2.75, 3.05) is 63.3 Å². The van der Waals surface area contributed by atoms with Gasteiger partial charge in [-0.15, -0.1) is 0 Å². The first kappa shape index (κ1) is 24.7. The monoisotopic (exact) mass is 457 g/mol. The second-order valence-corrected chi connectivity index (χ2v) is 8.59. The summed E-state index contributed by atoms with van der Waals surface area (Å²) >= 11 is 0. The number of anilines is 2. The molecular formula is C25H35N3O5. The minimum Gasteiger partial charge on any atom is -0.497 e. The summed E-state index contributed by atoms with van der Waals surface area (Å²) in [4.78, 5) is 16.3. The van der Waals surface area contributed by atoms with Crippen LogP contribution in [0.25, 0.3) is 0 Å². The number of rotatable bonds is 10. The van der Waals surface area contributed by atoms with Crippen molar-refractivity contribution in [1.82, 2.24) is 4.90 Å². The van der Waals surface area contributed by atoms with E-state index in [1.165, 1.54) is 5.69 Å². The Hall–Kier alpha value is -2.97. The van der Waals surface area contributed by atoms with Gasteiger partial charge in [0.05, 0.1) is 13.7 Å². The van der Waals surface area contributed by atoms with Crippen LogP contribution >= 0.6 is 0 Å². The summed E-state index contributed by atoms with van der Waals surface area (Å²) in [5.74, 6) is 1.78. The molecule has 1 unspecified atom stereocenters. The number of amides is 1. The van der Waals surface area contributed by atoms with Crippen LogP contribution in [0.2, 0.25) is 0 Å². The number of hydrogen-bond donors (Lipinski definition) is 2. The lowest BCUT2D eigenvalue weighted by atomic mass is 10.2. The van der Waals surface area contributed by atoms with Gasteiger partial charge in [0.2, 0.25) is 0 Å². The average Bonchev–Trinajstić information content (AvgIpc) is 2.83. The van der Waals surface area contributed by atoms with E-state index in [-0.39, 0.29) is 12.5 Å². The van der Waals surface area contributed by atoms with Crippen LogP contribution < -0.4 is 19.7 Å². The van der Waals surface area contributed by atoms with Crippen LogP contribution in [0.3, 0.4) is 0 Å². The highest BCUT2D eigenvalue weighted by Gasteiger charge is 2.20. The minimum absolute atomic E-state index is 0.210. The van der Waals surface area contributed by atoms with Gasteiger partial charge in [0.1, 0.15) is 24.2 Å². The molecule has 2 aromatic rings. The fourth-order valence-corrected chi connectivity index (χ4v) is 3.56. The van der Waals surface area contributed by atoms with Crippen LogP contribution in [0.15, 0.2) is 48.5 Å². The van der Waals surface area contributed by atoms with Crippen molar-refractivity contribution in [2.45, 2.75) is 20.0 Å². The zero-order valence-corrected chi connectivity index (χ0v) is 19.7. The predicted octanol–water partition coefficient (Wildman–Crippen LogP) is 3.46. The fourth-order valence-electron chi connectivity index (χ4n) is 3.56. The number of nitrogens with one attached hydrogen (secondary N) is 1. The lowest BCUT2D eigenvalue weighted by molar-refractivity contribution is 0.0663. The molecule has 0 saturated carbocycles. The molecule has 180 valence electrons. The summed E-state index contributed by atoms with van der Waals surface area (Å²) in [5, 5.41) is 13.1. The molecule has 0 aromatic heterocycles. The van der Waals surface area contributed by atoms with Crippen molar-refractivity contribution in [3.63, 3.8) is 0 Å². The van der Waals surface area contributed by atoms with Crippen LogP contribution in [0.1, 0.15) is 13.8 Å². The maximum atomic E-state index is 11.7. The molecule has 1 heterocycles. The molecule has 1 aliphatic heterocycles. The highest BCUT2D eigenvalue weighted by molar-refractivity contribution is 5.84. The third-order valence-corrected chi connectivity index (χ3v) is 5.37. The highest BCUT2D eigenvalue weighted by Crippen LogP contribution is 2.21. The van der Waals surface area contributed by atoms with E-state index in [0.717, 1.165) is 31.9 Å². The number of carbonyl (C=O) groups excluding carboxylic acids is 1. The summed E-state index contributed by atoms with van der Waals surface area (Å²) < 4.78 is 16.0. The summed E-state index contributed by atoms with van der Waals surface area (Å²) in [6, 6.07) is 15.1. The molecule has 1 saturated heterocycles. The van der Waals surface area contributed by atoms with Crippen molar-refractivity contribution < 1.29 is 24.1 Å². The molecule has 2 aromatic carbocycles. The van der Waals surface area contributed by atoms with E-state index in [9.17, 15) is 9.90 Å². The molecule has 1 aliphatic rings. The Labute approximate surface area is 196 Å². The molecule has 0 bridgehead atoms. The number of methoxy groups -OCH3 is 1. The van der Waals surface area contributed by atoms with E-state index < -0.39 is 12.2 Å². The molecule has 0 spiro atoms. The number of carbonyl (C=O) groups is 1. The number of benzene rings is 2. The lowest BCUT2D eigenvalue weighted by Crippen LogP contribution is -2.49. The van der Waals surface area contributed by atoms with E-state index in [1.54, 1.807) is 31.4 Å². The summed E-state index contributed by atoms with van der Waals surface area (Å²) in [6.45, 7) is 8.71. The van der Waals surface area contributed by atoms with Gasteiger partial charge < -0.3 is 24.2 Å². The minimum atomic E-state index is -0.582. The molecule has 33 heavy (non-hydrogen) atoms. The Morgan fingerprint density at radius 1 is 0.970 bits per heavy atom. The van der Waals surface area contributed by atoms with Gasteiger partial charge in [-0.05, 0) is 54.4 Å². The SMILES string of the molecule is COc1ccc(N2CCN(CC(O)COc3ccc(NC(=O)OCC(C)C)cc3)CC2)cc1. The summed E-state index contributed by atoms with van der Waals surface area (Å²) in [6.07, 6.45) is -1.05. The second kappa shape index (κ2) is 12.3. The molecule has 0 aliphatic carbocycles. The topological polar surface area (TPSA) is 83.5 Å². The van der Waals surface area contributed by atoms with Crippen LogP contribution in [-0.2, 0) is 4.74 Å². The number of hydrogen-bond acceptors (Lipinski definition) is 7. The van der Waals surface area contributed by atoms with Gasteiger partial charge in [-0.2, -0.15) is 0 Å². The fraction of sp³-hybridized carbons (Fsp3) is 0.480. The van der Waals surface area contributed by atoms with Crippen LogP contribution in [-0.4, -0.2) is 75.3 Å². The maximum absolute atomic E-state index is 11.7. The smallest absolute Gasteiger partial charge is 0.411 e. The van der Waals surface area contributed by atoms with Crippen LogP contribution in [0.5, 0.6) is 11.5 Å².